The normalized spacial score (nSPS) is 28.6. The van der Waals surface area contributed by atoms with E-state index in [4.69, 9.17) is 0 Å². The van der Waals surface area contributed by atoms with Gasteiger partial charge in [0.15, 0.2) is 0 Å². The molecule has 2 saturated carbocycles. The van der Waals surface area contributed by atoms with E-state index in [1.165, 1.54) is 0 Å². The Balaban J connectivity index is 1.49. The molecule has 0 radical (unpaired) electrons. The summed E-state index contributed by atoms with van der Waals surface area (Å²) < 4.78 is 0. The van der Waals surface area contributed by atoms with Gasteiger partial charge in [0.05, 0.1) is 12.1 Å². The molecule has 2 amide bonds. The zero-order valence-corrected chi connectivity index (χ0v) is 18.6. The minimum atomic E-state index is -0.990. The van der Waals surface area contributed by atoms with E-state index in [0.29, 0.717) is 37.8 Å². The molecule has 32 heavy (non-hydrogen) atoms. The molecule has 4 atom stereocenters. The van der Waals surface area contributed by atoms with Crippen LogP contribution in [-0.2, 0) is 12.8 Å². The van der Waals surface area contributed by atoms with E-state index in [9.17, 15) is 15.0 Å². The lowest BCUT2D eigenvalue weighted by molar-refractivity contribution is -0.0401. The van der Waals surface area contributed by atoms with E-state index in [2.05, 4.69) is 0 Å². The molecule has 0 bridgehead atoms. The van der Waals surface area contributed by atoms with Gasteiger partial charge in [-0.15, -0.1) is 0 Å². The van der Waals surface area contributed by atoms with Crippen LogP contribution >= 0.6 is 0 Å². The molecule has 2 N–H and O–H groups in total. The molecule has 5 nitrogen and oxygen atoms in total. The van der Waals surface area contributed by atoms with Crippen LogP contribution in [0.25, 0.3) is 0 Å². The minimum Gasteiger partial charge on any atom is -0.388 e. The predicted octanol–water partition coefficient (Wildman–Crippen LogP) is 3.49. The van der Waals surface area contributed by atoms with Crippen molar-refractivity contribution in [2.24, 2.45) is 11.8 Å². The van der Waals surface area contributed by atoms with Crippen molar-refractivity contribution in [3.05, 3.63) is 71.8 Å². The Kier molecular flexibility index (Phi) is 6.20. The number of carbonyl (C=O) groups is 1. The first-order valence-electron chi connectivity index (χ1n) is 12.1. The molecule has 1 heterocycles. The molecule has 0 spiro atoms. The summed E-state index contributed by atoms with van der Waals surface area (Å²) in [5, 5.41) is 22.9. The molecule has 2 aromatic carbocycles. The van der Waals surface area contributed by atoms with Crippen LogP contribution in [-0.4, -0.2) is 63.4 Å². The number of aliphatic hydroxyl groups is 2. The molecule has 5 rings (SSSR count). The number of aliphatic hydroxyl groups excluding tert-OH is 2. The van der Waals surface area contributed by atoms with Gasteiger partial charge in [-0.3, -0.25) is 0 Å². The van der Waals surface area contributed by atoms with Crippen molar-refractivity contribution in [3.63, 3.8) is 0 Å². The second kappa shape index (κ2) is 9.24. The van der Waals surface area contributed by atoms with E-state index in [0.717, 1.165) is 36.8 Å². The molecule has 1 saturated heterocycles. The smallest absolute Gasteiger partial charge is 0.320 e. The highest BCUT2D eigenvalue weighted by molar-refractivity contribution is 5.76. The number of hydrogen-bond donors (Lipinski definition) is 2. The van der Waals surface area contributed by atoms with Gasteiger partial charge in [0, 0.05) is 13.1 Å². The fraction of sp³-hybridized carbons (Fsp3) is 0.519. The molecular formula is C27H34N2O3. The Bertz CT molecular complexity index is 824. The lowest BCUT2D eigenvalue weighted by Crippen LogP contribution is -2.52. The first-order valence-corrected chi connectivity index (χ1v) is 12.1. The molecule has 0 unspecified atom stereocenters. The van der Waals surface area contributed by atoms with Crippen LogP contribution in [0, 0.1) is 11.8 Å². The quantitative estimate of drug-likeness (QED) is 0.669. The first kappa shape index (κ1) is 21.5. The Morgan fingerprint density at radius 3 is 1.38 bits per heavy atom. The van der Waals surface area contributed by atoms with E-state index >= 15 is 0 Å². The van der Waals surface area contributed by atoms with Crippen molar-refractivity contribution in [1.82, 2.24) is 9.80 Å². The molecule has 3 aliphatic rings. The molecule has 3 fully saturated rings. The number of amides is 2. The number of benzene rings is 2. The molecule has 2 aromatic rings. The van der Waals surface area contributed by atoms with Crippen LogP contribution in [0.3, 0.4) is 0 Å². The highest BCUT2D eigenvalue weighted by atomic mass is 16.3. The summed E-state index contributed by atoms with van der Waals surface area (Å²) in [5.41, 5.74) is 2.15. The highest BCUT2D eigenvalue weighted by Crippen LogP contribution is 2.37. The van der Waals surface area contributed by atoms with Gasteiger partial charge in [-0.1, -0.05) is 60.7 Å². The number of rotatable bonds is 8. The summed E-state index contributed by atoms with van der Waals surface area (Å²) in [4.78, 5) is 17.8. The van der Waals surface area contributed by atoms with Crippen LogP contribution in [0.5, 0.6) is 0 Å². The third kappa shape index (κ3) is 4.84. The zero-order chi connectivity index (χ0) is 22.1. The van der Waals surface area contributed by atoms with E-state index < -0.39 is 24.3 Å². The Morgan fingerprint density at radius 2 is 1.03 bits per heavy atom. The molecule has 2 aliphatic carbocycles. The van der Waals surface area contributed by atoms with Gasteiger partial charge in [0.25, 0.3) is 0 Å². The number of hydrogen-bond acceptors (Lipinski definition) is 3. The van der Waals surface area contributed by atoms with Gasteiger partial charge in [-0.2, -0.15) is 0 Å². The van der Waals surface area contributed by atoms with Crippen molar-refractivity contribution in [2.75, 3.05) is 13.1 Å². The van der Waals surface area contributed by atoms with Gasteiger partial charge >= 0.3 is 6.03 Å². The lowest BCUT2D eigenvalue weighted by Gasteiger charge is -2.36. The second-order valence-corrected chi connectivity index (χ2v) is 9.97. The fourth-order valence-corrected chi connectivity index (χ4v) is 5.03. The van der Waals surface area contributed by atoms with Gasteiger partial charge in [-0.05, 0) is 61.5 Å². The van der Waals surface area contributed by atoms with Gasteiger partial charge in [0.2, 0.25) is 0 Å². The number of urea groups is 1. The maximum absolute atomic E-state index is 14.0. The molecule has 170 valence electrons. The topological polar surface area (TPSA) is 64.0 Å². The Hall–Kier alpha value is -2.37. The lowest BCUT2D eigenvalue weighted by atomic mass is 9.91. The average Bonchev–Trinajstić information content (AvgIpc) is 3.74. The molecule has 1 aliphatic heterocycles. The minimum absolute atomic E-state index is 0.0127. The van der Waals surface area contributed by atoms with Gasteiger partial charge in [0.1, 0.15) is 12.2 Å². The van der Waals surface area contributed by atoms with E-state index in [1.807, 2.05) is 70.5 Å². The Morgan fingerprint density at radius 1 is 0.656 bits per heavy atom. The monoisotopic (exact) mass is 434 g/mol. The zero-order valence-electron chi connectivity index (χ0n) is 18.6. The highest BCUT2D eigenvalue weighted by Gasteiger charge is 2.48. The van der Waals surface area contributed by atoms with Crippen LogP contribution in [0.2, 0.25) is 0 Å². The fourth-order valence-electron chi connectivity index (χ4n) is 5.03. The summed E-state index contributed by atoms with van der Waals surface area (Å²) in [6.07, 6.45) is 3.66. The molecular weight excluding hydrogens is 400 g/mol. The molecule has 0 aromatic heterocycles. The summed E-state index contributed by atoms with van der Waals surface area (Å²) in [5.74, 6) is 1.02. The van der Waals surface area contributed by atoms with Crippen molar-refractivity contribution in [3.8, 4) is 0 Å². The van der Waals surface area contributed by atoms with Crippen LogP contribution in [0.15, 0.2) is 60.7 Å². The summed E-state index contributed by atoms with van der Waals surface area (Å²) >= 11 is 0. The van der Waals surface area contributed by atoms with Crippen molar-refractivity contribution >= 4 is 6.03 Å². The third-order valence-corrected chi connectivity index (χ3v) is 7.31. The molecule has 5 heteroatoms. The number of nitrogens with zero attached hydrogens (tertiary/aromatic N) is 2. The maximum atomic E-state index is 14.0. The predicted molar refractivity (Wildman–Crippen MR) is 124 cm³/mol. The first-order chi connectivity index (χ1) is 15.6. The van der Waals surface area contributed by atoms with Crippen LogP contribution in [0.1, 0.15) is 36.8 Å². The maximum Gasteiger partial charge on any atom is 0.320 e. The van der Waals surface area contributed by atoms with Crippen molar-refractivity contribution in [2.45, 2.75) is 62.8 Å². The van der Waals surface area contributed by atoms with Gasteiger partial charge in [-0.25, -0.2) is 4.79 Å². The largest absolute Gasteiger partial charge is 0.388 e. The second-order valence-electron chi connectivity index (χ2n) is 9.97. The van der Waals surface area contributed by atoms with Crippen LogP contribution < -0.4 is 0 Å². The summed E-state index contributed by atoms with van der Waals surface area (Å²) in [6, 6.07) is 19.2. The third-order valence-electron chi connectivity index (χ3n) is 7.31. The van der Waals surface area contributed by atoms with E-state index in [-0.39, 0.29) is 6.03 Å². The Labute approximate surface area is 190 Å². The van der Waals surface area contributed by atoms with Crippen LogP contribution in [0.4, 0.5) is 4.79 Å². The average molecular weight is 435 g/mol. The summed E-state index contributed by atoms with van der Waals surface area (Å²) in [7, 11) is 0. The van der Waals surface area contributed by atoms with Gasteiger partial charge < -0.3 is 20.0 Å². The standard InChI is InChI=1S/C27H34N2O3/c30-25-23(15-19-7-3-1-4-8-19)28(17-21-11-12-21)27(32)29(18-22-13-14-22)24(26(25)31)16-20-9-5-2-6-10-20/h1-10,21-26,30-31H,11-18H2/t23-,24-,25-,26+/m1/s1. The van der Waals surface area contributed by atoms with Crippen molar-refractivity contribution in [1.29, 1.82) is 0 Å². The number of carbonyl (C=O) groups excluding carboxylic acids is 1. The summed E-state index contributed by atoms with van der Waals surface area (Å²) in [6.45, 7) is 1.33. The van der Waals surface area contributed by atoms with Crippen molar-refractivity contribution < 1.29 is 15.0 Å². The SMILES string of the molecule is O=C1N(CC2CC2)[C@H](Cc2ccccc2)[C@H](O)[C@H](O)[C@@H](Cc2ccccc2)N1CC1CC1. The van der Waals surface area contributed by atoms with E-state index in [1.54, 1.807) is 0 Å².